The lowest BCUT2D eigenvalue weighted by atomic mass is 10.2. The van der Waals surface area contributed by atoms with Crippen LogP contribution >= 0.6 is 0 Å². The van der Waals surface area contributed by atoms with E-state index in [9.17, 15) is 14.7 Å². The molecule has 1 atom stereocenters. The number of urea groups is 1. The fourth-order valence-electron chi connectivity index (χ4n) is 1.93. The first-order valence-corrected chi connectivity index (χ1v) is 7.37. The molecule has 1 aromatic carbocycles. The number of unbranched alkanes of at least 4 members (excludes halogenated alkanes) is 2. The minimum atomic E-state index is -1.17. The van der Waals surface area contributed by atoms with Crippen LogP contribution in [0.2, 0.25) is 0 Å². The number of carbonyl (C=O) groups is 2. The van der Waals surface area contributed by atoms with Gasteiger partial charge in [0.25, 0.3) is 5.91 Å². The zero-order valence-electron chi connectivity index (χ0n) is 12.7. The summed E-state index contributed by atoms with van der Waals surface area (Å²) in [4.78, 5) is 25.1. The Bertz CT molecular complexity index is 446. The van der Waals surface area contributed by atoms with Gasteiger partial charge in [-0.1, -0.05) is 50.1 Å². The van der Waals surface area contributed by atoms with Crippen molar-refractivity contribution >= 4 is 11.9 Å². The maximum absolute atomic E-state index is 12.1. The molecule has 0 aromatic heterocycles. The summed E-state index contributed by atoms with van der Waals surface area (Å²) in [6, 6.07) is 9.03. The van der Waals surface area contributed by atoms with Gasteiger partial charge in [0.2, 0.25) is 0 Å². The molecule has 0 heterocycles. The van der Waals surface area contributed by atoms with Crippen LogP contribution in [0, 0.1) is 0 Å². The van der Waals surface area contributed by atoms with Crippen LogP contribution in [0.1, 0.15) is 38.7 Å². The summed E-state index contributed by atoms with van der Waals surface area (Å²) in [6.45, 7) is 4.12. The second-order valence-electron chi connectivity index (χ2n) is 5.02. The van der Waals surface area contributed by atoms with Crippen molar-refractivity contribution in [2.75, 3.05) is 6.54 Å². The molecule has 5 nitrogen and oxygen atoms in total. The maximum Gasteiger partial charge on any atom is 0.324 e. The van der Waals surface area contributed by atoms with Gasteiger partial charge in [-0.3, -0.25) is 9.69 Å². The molecule has 0 aliphatic rings. The fraction of sp³-hybridized carbons (Fsp3) is 0.500. The van der Waals surface area contributed by atoms with Crippen LogP contribution in [-0.2, 0) is 11.3 Å². The summed E-state index contributed by atoms with van der Waals surface area (Å²) in [5.41, 5.74) is 0.962. The molecule has 3 amide bonds. The van der Waals surface area contributed by atoms with E-state index in [0.29, 0.717) is 13.1 Å². The van der Waals surface area contributed by atoms with Gasteiger partial charge in [0.15, 0.2) is 0 Å². The molecular formula is C16H24N2O3. The van der Waals surface area contributed by atoms with Crippen LogP contribution in [-0.4, -0.2) is 34.6 Å². The van der Waals surface area contributed by atoms with Crippen LogP contribution in [0.15, 0.2) is 30.3 Å². The topological polar surface area (TPSA) is 69.6 Å². The third-order valence-electron chi connectivity index (χ3n) is 3.14. The van der Waals surface area contributed by atoms with E-state index in [1.165, 1.54) is 6.92 Å². The summed E-state index contributed by atoms with van der Waals surface area (Å²) in [5.74, 6) is -0.559. The van der Waals surface area contributed by atoms with Crippen molar-refractivity contribution in [2.45, 2.75) is 45.8 Å². The zero-order chi connectivity index (χ0) is 15.7. The Morgan fingerprint density at radius 2 is 1.90 bits per heavy atom. The molecule has 0 saturated heterocycles. The number of hydrogen-bond acceptors (Lipinski definition) is 3. The van der Waals surface area contributed by atoms with Gasteiger partial charge in [-0.15, -0.1) is 0 Å². The predicted octanol–water partition coefficient (Wildman–Crippen LogP) is 2.30. The molecule has 5 heteroatoms. The van der Waals surface area contributed by atoms with Crippen molar-refractivity contribution in [3.63, 3.8) is 0 Å². The van der Waals surface area contributed by atoms with E-state index in [4.69, 9.17) is 0 Å². The number of hydrogen-bond donors (Lipinski definition) is 2. The van der Waals surface area contributed by atoms with Gasteiger partial charge in [-0.25, -0.2) is 4.79 Å². The molecule has 0 fully saturated rings. The van der Waals surface area contributed by atoms with Crippen LogP contribution < -0.4 is 5.32 Å². The second-order valence-corrected chi connectivity index (χ2v) is 5.02. The van der Waals surface area contributed by atoms with Crippen LogP contribution in [0.4, 0.5) is 4.79 Å². The van der Waals surface area contributed by atoms with Crippen molar-refractivity contribution < 1.29 is 14.7 Å². The smallest absolute Gasteiger partial charge is 0.324 e. The number of nitrogens with one attached hydrogen (secondary N) is 1. The number of rotatable bonds is 7. The first-order valence-electron chi connectivity index (χ1n) is 7.37. The third kappa shape index (κ3) is 5.95. The van der Waals surface area contributed by atoms with Gasteiger partial charge in [-0.2, -0.15) is 0 Å². The highest BCUT2D eigenvalue weighted by molar-refractivity contribution is 5.96. The number of aliphatic hydroxyl groups excluding tert-OH is 1. The average molecular weight is 292 g/mol. The van der Waals surface area contributed by atoms with E-state index in [1.54, 1.807) is 0 Å². The number of aliphatic hydroxyl groups is 1. The SMILES string of the molecule is CCCCCN(C(=O)NCc1ccccc1)C(=O)C(C)O. The van der Waals surface area contributed by atoms with E-state index in [2.05, 4.69) is 12.2 Å². The second kappa shape index (κ2) is 9.13. The van der Waals surface area contributed by atoms with E-state index in [1.807, 2.05) is 30.3 Å². The molecule has 0 aliphatic heterocycles. The quantitative estimate of drug-likeness (QED) is 0.758. The van der Waals surface area contributed by atoms with Crippen molar-refractivity contribution in [3.8, 4) is 0 Å². The Balaban J connectivity index is 2.59. The Morgan fingerprint density at radius 1 is 1.24 bits per heavy atom. The van der Waals surface area contributed by atoms with Gasteiger partial charge < -0.3 is 10.4 Å². The molecule has 0 spiro atoms. The summed E-state index contributed by atoms with van der Waals surface area (Å²) >= 11 is 0. The van der Waals surface area contributed by atoms with E-state index >= 15 is 0 Å². The summed E-state index contributed by atoms with van der Waals surface area (Å²) in [7, 11) is 0. The fourth-order valence-corrected chi connectivity index (χ4v) is 1.93. The Kier molecular flexibility index (Phi) is 7.46. The number of carbonyl (C=O) groups excluding carboxylic acids is 2. The molecule has 1 rings (SSSR count). The van der Waals surface area contributed by atoms with E-state index in [-0.39, 0.29) is 0 Å². The molecule has 0 saturated carbocycles. The highest BCUT2D eigenvalue weighted by Gasteiger charge is 2.24. The van der Waals surface area contributed by atoms with E-state index in [0.717, 1.165) is 29.7 Å². The van der Waals surface area contributed by atoms with Crippen LogP contribution in [0.25, 0.3) is 0 Å². The minimum absolute atomic E-state index is 0.332. The molecular weight excluding hydrogens is 268 g/mol. The maximum atomic E-state index is 12.1. The standard InChI is InChI=1S/C16H24N2O3/c1-3-4-8-11-18(15(20)13(2)19)16(21)17-12-14-9-6-5-7-10-14/h5-7,9-10,13,19H,3-4,8,11-12H2,1-2H3,(H,17,21). The van der Waals surface area contributed by atoms with Crippen LogP contribution in [0.5, 0.6) is 0 Å². The number of nitrogens with zero attached hydrogens (tertiary/aromatic N) is 1. The molecule has 0 radical (unpaired) electrons. The van der Waals surface area contributed by atoms with Crippen molar-refractivity contribution in [3.05, 3.63) is 35.9 Å². The molecule has 116 valence electrons. The largest absolute Gasteiger partial charge is 0.384 e. The number of imide groups is 1. The van der Waals surface area contributed by atoms with Gasteiger partial charge in [0.05, 0.1) is 0 Å². The lowest BCUT2D eigenvalue weighted by molar-refractivity contribution is -0.136. The first-order chi connectivity index (χ1) is 10.1. The molecule has 2 N–H and O–H groups in total. The average Bonchev–Trinajstić information content (AvgIpc) is 2.49. The normalized spacial score (nSPS) is 11.8. The van der Waals surface area contributed by atoms with Gasteiger partial charge in [-0.05, 0) is 18.9 Å². The Hall–Kier alpha value is -1.88. The van der Waals surface area contributed by atoms with E-state index < -0.39 is 18.0 Å². The minimum Gasteiger partial charge on any atom is -0.384 e. The summed E-state index contributed by atoms with van der Waals surface area (Å²) in [6.07, 6.45) is 1.51. The highest BCUT2D eigenvalue weighted by Crippen LogP contribution is 2.04. The predicted molar refractivity (Wildman–Crippen MR) is 81.6 cm³/mol. The Morgan fingerprint density at radius 3 is 2.48 bits per heavy atom. The first kappa shape index (κ1) is 17.2. The lowest BCUT2D eigenvalue weighted by Gasteiger charge is -2.22. The third-order valence-corrected chi connectivity index (χ3v) is 3.14. The van der Waals surface area contributed by atoms with Gasteiger partial charge >= 0.3 is 6.03 Å². The molecule has 21 heavy (non-hydrogen) atoms. The lowest BCUT2D eigenvalue weighted by Crippen LogP contribution is -2.47. The van der Waals surface area contributed by atoms with Gasteiger partial charge in [0.1, 0.15) is 6.10 Å². The summed E-state index contributed by atoms with van der Waals surface area (Å²) in [5, 5.41) is 12.1. The van der Waals surface area contributed by atoms with Gasteiger partial charge in [0, 0.05) is 13.1 Å². The number of benzene rings is 1. The zero-order valence-corrected chi connectivity index (χ0v) is 12.7. The molecule has 1 unspecified atom stereocenters. The molecule has 0 bridgehead atoms. The molecule has 1 aromatic rings. The highest BCUT2D eigenvalue weighted by atomic mass is 16.3. The monoisotopic (exact) mass is 292 g/mol. The van der Waals surface area contributed by atoms with Crippen molar-refractivity contribution in [2.24, 2.45) is 0 Å². The molecule has 0 aliphatic carbocycles. The summed E-state index contributed by atoms with van der Waals surface area (Å²) < 4.78 is 0. The Labute approximate surface area is 126 Å². The van der Waals surface area contributed by atoms with Crippen molar-refractivity contribution in [1.29, 1.82) is 0 Å². The number of amides is 3. The van der Waals surface area contributed by atoms with Crippen LogP contribution in [0.3, 0.4) is 0 Å². The van der Waals surface area contributed by atoms with Crippen molar-refractivity contribution in [1.82, 2.24) is 10.2 Å².